The molecule has 0 bridgehead atoms. The molecule has 21 heavy (non-hydrogen) atoms. The van der Waals surface area contributed by atoms with Gasteiger partial charge < -0.3 is 10.2 Å². The second-order valence-electron chi connectivity index (χ2n) is 4.64. The molecule has 2 aromatic carbocycles. The van der Waals surface area contributed by atoms with Crippen LogP contribution in [0.2, 0.25) is 5.02 Å². The molecule has 5 heteroatoms. The van der Waals surface area contributed by atoms with Crippen molar-refractivity contribution >= 4 is 23.2 Å². The number of para-hydroxylation sites is 1. The van der Waals surface area contributed by atoms with Crippen LogP contribution in [0.5, 0.6) is 0 Å². The van der Waals surface area contributed by atoms with E-state index in [4.69, 9.17) is 11.6 Å². The van der Waals surface area contributed by atoms with E-state index in [2.05, 4.69) is 5.32 Å². The number of hydrogen-bond donors (Lipinski definition) is 1. The molecule has 0 radical (unpaired) electrons. The van der Waals surface area contributed by atoms with E-state index in [-0.39, 0.29) is 5.56 Å². The quantitative estimate of drug-likeness (QED) is 0.919. The highest BCUT2D eigenvalue weighted by Crippen LogP contribution is 2.14. The molecular weight excluding hydrogens is 291 g/mol. The standard InChI is InChI=1S/C16H16ClFN2O/c1-20(13-5-3-2-4-6-13)10-9-19-16(21)14-11-12(17)7-8-15(14)18/h2-8,11H,9-10H2,1H3,(H,19,21). The molecule has 0 spiro atoms. The van der Waals surface area contributed by atoms with Crippen molar-refractivity contribution in [2.75, 3.05) is 25.0 Å². The Morgan fingerprint density at radius 2 is 1.95 bits per heavy atom. The maximum atomic E-state index is 13.5. The van der Waals surface area contributed by atoms with E-state index in [0.717, 1.165) is 5.69 Å². The smallest absolute Gasteiger partial charge is 0.254 e. The number of benzene rings is 2. The van der Waals surface area contributed by atoms with E-state index < -0.39 is 11.7 Å². The molecule has 0 unspecified atom stereocenters. The maximum Gasteiger partial charge on any atom is 0.254 e. The van der Waals surface area contributed by atoms with E-state index in [0.29, 0.717) is 18.1 Å². The van der Waals surface area contributed by atoms with Crippen molar-refractivity contribution in [1.29, 1.82) is 0 Å². The van der Waals surface area contributed by atoms with Crippen LogP contribution in [0.4, 0.5) is 10.1 Å². The third kappa shape index (κ3) is 4.20. The van der Waals surface area contributed by atoms with Gasteiger partial charge in [-0.05, 0) is 30.3 Å². The average Bonchev–Trinajstić information content (AvgIpc) is 2.50. The van der Waals surface area contributed by atoms with Crippen LogP contribution < -0.4 is 10.2 Å². The number of likely N-dealkylation sites (N-methyl/N-ethyl adjacent to an activating group) is 1. The molecule has 0 atom stereocenters. The van der Waals surface area contributed by atoms with Gasteiger partial charge in [-0.2, -0.15) is 0 Å². The van der Waals surface area contributed by atoms with Gasteiger partial charge in [-0.1, -0.05) is 29.8 Å². The van der Waals surface area contributed by atoms with Crippen LogP contribution >= 0.6 is 11.6 Å². The molecule has 0 aliphatic heterocycles. The minimum Gasteiger partial charge on any atom is -0.373 e. The lowest BCUT2D eigenvalue weighted by Crippen LogP contribution is -2.33. The summed E-state index contributed by atoms with van der Waals surface area (Å²) in [5, 5.41) is 3.02. The Morgan fingerprint density at radius 3 is 2.67 bits per heavy atom. The van der Waals surface area contributed by atoms with E-state index in [9.17, 15) is 9.18 Å². The van der Waals surface area contributed by atoms with Crippen molar-refractivity contribution in [2.45, 2.75) is 0 Å². The van der Waals surface area contributed by atoms with Crippen LogP contribution in [-0.4, -0.2) is 26.0 Å². The highest BCUT2D eigenvalue weighted by Gasteiger charge is 2.12. The van der Waals surface area contributed by atoms with Gasteiger partial charge in [-0.15, -0.1) is 0 Å². The summed E-state index contributed by atoms with van der Waals surface area (Å²) < 4.78 is 13.5. The largest absolute Gasteiger partial charge is 0.373 e. The third-order valence-corrected chi connectivity index (χ3v) is 3.34. The summed E-state index contributed by atoms with van der Waals surface area (Å²) >= 11 is 5.77. The lowest BCUT2D eigenvalue weighted by Gasteiger charge is -2.19. The fraction of sp³-hybridized carbons (Fsp3) is 0.188. The number of amides is 1. The molecule has 110 valence electrons. The van der Waals surface area contributed by atoms with Crippen LogP contribution in [0, 0.1) is 5.82 Å². The number of nitrogens with one attached hydrogen (secondary N) is 1. The van der Waals surface area contributed by atoms with Crippen molar-refractivity contribution in [2.24, 2.45) is 0 Å². The fourth-order valence-electron chi connectivity index (χ4n) is 1.92. The summed E-state index contributed by atoms with van der Waals surface area (Å²) in [7, 11) is 1.93. The number of carbonyl (C=O) groups excluding carboxylic acids is 1. The number of nitrogens with zero attached hydrogens (tertiary/aromatic N) is 1. The molecule has 0 aliphatic rings. The van der Waals surface area contributed by atoms with Gasteiger partial charge >= 0.3 is 0 Å². The normalized spacial score (nSPS) is 10.2. The highest BCUT2D eigenvalue weighted by atomic mass is 35.5. The third-order valence-electron chi connectivity index (χ3n) is 3.10. The molecular formula is C16H16ClFN2O. The second-order valence-corrected chi connectivity index (χ2v) is 5.07. The zero-order chi connectivity index (χ0) is 15.2. The van der Waals surface area contributed by atoms with Crippen molar-refractivity contribution in [3.8, 4) is 0 Å². The first-order valence-corrected chi connectivity index (χ1v) is 6.95. The number of hydrogen-bond acceptors (Lipinski definition) is 2. The molecule has 0 aliphatic carbocycles. The summed E-state index contributed by atoms with van der Waals surface area (Å²) in [5.41, 5.74) is 1.02. The summed E-state index contributed by atoms with van der Waals surface area (Å²) in [6, 6.07) is 13.7. The van der Waals surface area contributed by atoms with Crippen LogP contribution in [0.25, 0.3) is 0 Å². The molecule has 2 aromatic rings. The number of anilines is 1. The van der Waals surface area contributed by atoms with E-state index in [1.54, 1.807) is 0 Å². The van der Waals surface area contributed by atoms with E-state index in [1.807, 2.05) is 42.3 Å². The van der Waals surface area contributed by atoms with Crippen LogP contribution in [-0.2, 0) is 0 Å². The number of rotatable bonds is 5. The lowest BCUT2D eigenvalue weighted by molar-refractivity contribution is 0.0950. The maximum absolute atomic E-state index is 13.5. The van der Waals surface area contributed by atoms with Crippen molar-refractivity contribution in [1.82, 2.24) is 5.32 Å². The minimum absolute atomic E-state index is 0.0372. The Bertz CT molecular complexity index is 619. The first kappa shape index (κ1) is 15.3. The Morgan fingerprint density at radius 1 is 1.24 bits per heavy atom. The Labute approximate surface area is 128 Å². The topological polar surface area (TPSA) is 32.3 Å². The summed E-state index contributed by atoms with van der Waals surface area (Å²) in [5.74, 6) is -1.04. The van der Waals surface area contributed by atoms with E-state index in [1.165, 1.54) is 18.2 Å². The minimum atomic E-state index is -0.576. The van der Waals surface area contributed by atoms with Gasteiger partial charge in [0.25, 0.3) is 5.91 Å². The molecule has 0 heterocycles. The first-order chi connectivity index (χ1) is 10.1. The SMILES string of the molecule is CN(CCNC(=O)c1cc(Cl)ccc1F)c1ccccc1. The van der Waals surface area contributed by atoms with Crippen LogP contribution in [0.3, 0.4) is 0 Å². The van der Waals surface area contributed by atoms with Gasteiger partial charge in [0.15, 0.2) is 0 Å². The molecule has 0 saturated heterocycles. The molecule has 2 rings (SSSR count). The van der Waals surface area contributed by atoms with Crippen molar-refractivity contribution in [3.63, 3.8) is 0 Å². The van der Waals surface area contributed by atoms with Gasteiger partial charge in [0, 0.05) is 30.8 Å². The summed E-state index contributed by atoms with van der Waals surface area (Å²) in [6.45, 7) is 1.04. The van der Waals surface area contributed by atoms with Crippen molar-refractivity contribution in [3.05, 3.63) is 64.9 Å². The first-order valence-electron chi connectivity index (χ1n) is 6.57. The predicted molar refractivity (Wildman–Crippen MR) is 83.5 cm³/mol. The lowest BCUT2D eigenvalue weighted by atomic mass is 10.2. The molecule has 1 N–H and O–H groups in total. The summed E-state index contributed by atoms with van der Waals surface area (Å²) in [6.07, 6.45) is 0. The zero-order valence-electron chi connectivity index (χ0n) is 11.6. The molecule has 0 aromatic heterocycles. The van der Waals surface area contributed by atoms with Gasteiger partial charge in [-0.25, -0.2) is 4.39 Å². The number of carbonyl (C=O) groups is 1. The van der Waals surface area contributed by atoms with Gasteiger partial charge in [-0.3, -0.25) is 4.79 Å². The van der Waals surface area contributed by atoms with E-state index >= 15 is 0 Å². The molecule has 0 saturated carbocycles. The van der Waals surface area contributed by atoms with Gasteiger partial charge in [0.05, 0.1) is 5.56 Å². The molecule has 3 nitrogen and oxygen atoms in total. The monoisotopic (exact) mass is 306 g/mol. The van der Waals surface area contributed by atoms with Crippen LogP contribution in [0.15, 0.2) is 48.5 Å². The average molecular weight is 307 g/mol. The van der Waals surface area contributed by atoms with Gasteiger partial charge in [0.1, 0.15) is 5.82 Å². The Hall–Kier alpha value is -2.07. The molecule has 0 fully saturated rings. The Balaban J connectivity index is 1.88. The van der Waals surface area contributed by atoms with Crippen LogP contribution in [0.1, 0.15) is 10.4 Å². The zero-order valence-corrected chi connectivity index (χ0v) is 12.4. The predicted octanol–water partition coefficient (Wildman–Crippen LogP) is 3.35. The second kappa shape index (κ2) is 7.09. The Kier molecular flexibility index (Phi) is 5.17. The fourth-order valence-corrected chi connectivity index (χ4v) is 2.09. The molecule has 1 amide bonds. The summed E-state index contributed by atoms with van der Waals surface area (Å²) in [4.78, 5) is 13.9. The van der Waals surface area contributed by atoms with Crippen molar-refractivity contribution < 1.29 is 9.18 Å². The number of halogens is 2. The highest BCUT2D eigenvalue weighted by molar-refractivity contribution is 6.31. The van der Waals surface area contributed by atoms with Gasteiger partial charge in [0.2, 0.25) is 0 Å².